The van der Waals surface area contributed by atoms with E-state index in [1.807, 2.05) is 26.2 Å². The van der Waals surface area contributed by atoms with Gasteiger partial charge >= 0.3 is 0 Å². The summed E-state index contributed by atoms with van der Waals surface area (Å²) in [6.07, 6.45) is 0. The summed E-state index contributed by atoms with van der Waals surface area (Å²) < 4.78 is 13.5. The predicted octanol–water partition coefficient (Wildman–Crippen LogP) is 2.63. The van der Waals surface area contributed by atoms with E-state index >= 15 is 0 Å². The molecule has 0 saturated heterocycles. The van der Waals surface area contributed by atoms with Crippen LogP contribution in [0.25, 0.3) is 0 Å². The van der Waals surface area contributed by atoms with Gasteiger partial charge in [-0.15, -0.1) is 11.3 Å². The monoisotopic (exact) mass is 279 g/mol. The Bertz CT molecular complexity index is 527. The zero-order chi connectivity index (χ0) is 13.7. The van der Waals surface area contributed by atoms with Crippen LogP contribution < -0.4 is 5.32 Å². The first-order valence-corrected chi connectivity index (χ1v) is 7.07. The molecule has 0 saturated carbocycles. The Labute approximate surface area is 117 Å². The molecule has 1 N–H and O–H groups in total. The van der Waals surface area contributed by atoms with Crippen LogP contribution in [0.5, 0.6) is 0 Å². The van der Waals surface area contributed by atoms with Crippen LogP contribution >= 0.6 is 11.3 Å². The van der Waals surface area contributed by atoms with Gasteiger partial charge in [0.2, 0.25) is 0 Å². The highest BCUT2D eigenvalue weighted by molar-refractivity contribution is 7.09. The molecule has 102 valence electrons. The Hall–Kier alpha value is -1.30. The normalized spacial score (nSPS) is 11.2. The molecule has 0 atom stereocenters. The summed E-state index contributed by atoms with van der Waals surface area (Å²) in [5.41, 5.74) is 1.75. The average molecular weight is 279 g/mol. The van der Waals surface area contributed by atoms with Gasteiger partial charge in [-0.05, 0) is 20.2 Å². The van der Waals surface area contributed by atoms with Gasteiger partial charge in [-0.1, -0.05) is 18.2 Å². The summed E-state index contributed by atoms with van der Waals surface area (Å²) in [6, 6.07) is 6.89. The second kappa shape index (κ2) is 6.75. The smallest absolute Gasteiger partial charge is 0.127 e. The van der Waals surface area contributed by atoms with E-state index in [4.69, 9.17) is 0 Å². The molecule has 5 heteroatoms. The molecule has 0 spiro atoms. The highest BCUT2D eigenvalue weighted by Crippen LogP contribution is 2.14. The summed E-state index contributed by atoms with van der Waals surface area (Å²) in [5, 5.41) is 6.22. The average Bonchev–Trinajstić information content (AvgIpc) is 2.80. The molecule has 2 rings (SSSR count). The van der Waals surface area contributed by atoms with E-state index in [1.165, 1.54) is 6.07 Å². The van der Waals surface area contributed by atoms with E-state index in [-0.39, 0.29) is 5.82 Å². The van der Waals surface area contributed by atoms with E-state index in [2.05, 4.69) is 20.6 Å². The lowest BCUT2D eigenvalue weighted by molar-refractivity contribution is 0.310. The van der Waals surface area contributed by atoms with Crippen LogP contribution in [0.1, 0.15) is 16.3 Å². The first kappa shape index (κ1) is 14.1. The molecule has 0 aliphatic carbocycles. The third kappa shape index (κ3) is 4.09. The second-order valence-electron chi connectivity index (χ2n) is 4.53. The molecule has 0 amide bonds. The van der Waals surface area contributed by atoms with Gasteiger partial charge < -0.3 is 5.32 Å². The Morgan fingerprint density at radius 2 is 2.11 bits per heavy atom. The van der Waals surface area contributed by atoms with Crippen molar-refractivity contribution >= 4 is 11.3 Å². The van der Waals surface area contributed by atoms with E-state index in [0.717, 1.165) is 29.4 Å². The van der Waals surface area contributed by atoms with Crippen LogP contribution in [0.2, 0.25) is 0 Å². The summed E-state index contributed by atoms with van der Waals surface area (Å²) in [6.45, 7) is 2.11. The van der Waals surface area contributed by atoms with Crippen LogP contribution in [-0.4, -0.2) is 24.0 Å². The fourth-order valence-electron chi connectivity index (χ4n) is 1.90. The molecule has 0 radical (unpaired) electrons. The molecule has 0 unspecified atom stereocenters. The number of halogens is 1. The van der Waals surface area contributed by atoms with Gasteiger partial charge in [0, 0.05) is 30.6 Å². The first-order valence-electron chi connectivity index (χ1n) is 6.19. The maximum Gasteiger partial charge on any atom is 0.127 e. The van der Waals surface area contributed by atoms with Crippen molar-refractivity contribution in [3.63, 3.8) is 0 Å². The third-order valence-electron chi connectivity index (χ3n) is 2.76. The molecule has 19 heavy (non-hydrogen) atoms. The van der Waals surface area contributed by atoms with Crippen molar-refractivity contribution in [2.24, 2.45) is 0 Å². The standard InChI is InChI=1S/C14H18FN3S/c1-16-7-14-17-12(10-19-14)9-18(2)8-11-5-3-4-6-13(11)15/h3-6,10,16H,7-9H2,1-2H3. The molecule has 0 aliphatic heterocycles. The molecule has 2 aromatic rings. The lowest BCUT2D eigenvalue weighted by atomic mass is 10.2. The Kier molecular flexibility index (Phi) is 5.01. The van der Waals surface area contributed by atoms with Crippen molar-refractivity contribution in [3.8, 4) is 0 Å². The van der Waals surface area contributed by atoms with E-state index in [0.29, 0.717) is 6.54 Å². The van der Waals surface area contributed by atoms with Crippen molar-refractivity contribution in [2.75, 3.05) is 14.1 Å². The Morgan fingerprint density at radius 3 is 2.84 bits per heavy atom. The molecule has 3 nitrogen and oxygen atoms in total. The highest BCUT2D eigenvalue weighted by Gasteiger charge is 2.08. The second-order valence-corrected chi connectivity index (χ2v) is 5.47. The largest absolute Gasteiger partial charge is 0.314 e. The van der Waals surface area contributed by atoms with Crippen LogP contribution in [0.4, 0.5) is 4.39 Å². The molecule has 0 aliphatic rings. The molecule has 0 bridgehead atoms. The number of aromatic nitrogens is 1. The van der Waals surface area contributed by atoms with E-state index in [1.54, 1.807) is 17.4 Å². The van der Waals surface area contributed by atoms with Crippen molar-refractivity contribution in [1.82, 2.24) is 15.2 Å². The number of hydrogen-bond acceptors (Lipinski definition) is 4. The summed E-state index contributed by atoms with van der Waals surface area (Å²) in [4.78, 5) is 6.59. The number of thiazole rings is 1. The lowest BCUT2D eigenvalue weighted by Gasteiger charge is -2.15. The topological polar surface area (TPSA) is 28.2 Å². The minimum Gasteiger partial charge on any atom is -0.314 e. The summed E-state index contributed by atoms with van der Waals surface area (Å²) >= 11 is 1.65. The summed E-state index contributed by atoms with van der Waals surface area (Å²) in [5.74, 6) is -0.150. The van der Waals surface area contributed by atoms with Crippen LogP contribution in [0, 0.1) is 5.82 Å². The van der Waals surface area contributed by atoms with Crippen molar-refractivity contribution in [2.45, 2.75) is 19.6 Å². The number of nitrogens with zero attached hydrogens (tertiary/aromatic N) is 2. The van der Waals surface area contributed by atoms with Gasteiger partial charge in [0.05, 0.1) is 5.69 Å². The molecule has 1 heterocycles. The highest BCUT2D eigenvalue weighted by atomic mass is 32.1. The van der Waals surface area contributed by atoms with Crippen LogP contribution in [0.15, 0.2) is 29.6 Å². The quantitative estimate of drug-likeness (QED) is 0.881. The molecular weight excluding hydrogens is 261 g/mol. The molecular formula is C14H18FN3S. The first-order chi connectivity index (χ1) is 9.19. The van der Waals surface area contributed by atoms with Crippen molar-refractivity contribution in [3.05, 3.63) is 51.7 Å². The lowest BCUT2D eigenvalue weighted by Crippen LogP contribution is -2.18. The zero-order valence-electron chi connectivity index (χ0n) is 11.2. The summed E-state index contributed by atoms with van der Waals surface area (Å²) in [7, 11) is 3.88. The van der Waals surface area contributed by atoms with Gasteiger partial charge in [0.1, 0.15) is 10.8 Å². The Balaban J connectivity index is 1.93. The zero-order valence-corrected chi connectivity index (χ0v) is 12.0. The third-order valence-corrected chi connectivity index (χ3v) is 3.65. The van der Waals surface area contributed by atoms with Crippen molar-refractivity contribution < 1.29 is 4.39 Å². The minimum atomic E-state index is -0.150. The molecule has 0 fully saturated rings. The van der Waals surface area contributed by atoms with Crippen molar-refractivity contribution in [1.29, 1.82) is 0 Å². The fourth-order valence-corrected chi connectivity index (χ4v) is 2.70. The number of nitrogens with one attached hydrogen (secondary N) is 1. The SMILES string of the molecule is CNCc1nc(CN(C)Cc2ccccc2F)cs1. The molecule has 1 aromatic carbocycles. The maximum absolute atomic E-state index is 13.5. The van der Waals surface area contributed by atoms with E-state index < -0.39 is 0 Å². The van der Waals surface area contributed by atoms with Gasteiger partial charge in [-0.3, -0.25) is 4.90 Å². The maximum atomic E-state index is 13.5. The minimum absolute atomic E-state index is 0.150. The number of rotatable bonds is 6. The predicted molar refractivity (Wildman–Crippen MR) is 76.4 cm³/mol. The van der Waals surface area contributed by atoms with Gasteiger partial charge in [0.15, 0.2) is 0 Å². The van der Waals surface area contributed by atoms with Gasteiger partial charge in [-0.2, -0.15) is 0 Å². The fraction of sp³-hybridized carbons (Fsp3) is 0.357. The van der Waals surface area contributed by atoms with Gasteiger partial charge in [0.25, 0.3) is 0 Å². The van der Waals surface area contributed by atoms with Crippen LogP contribution in [0.3, 0.4) is 0 Å². The number of hydrogen-bond donors (Lipinski definition) is 1. The van der Waals surface area contributed by atoms with Crippen LogP contribution in [-0.2, 0) is 19.6 Å². The Morgan fingerprint density at radius 1 is 1.32 bits per heavy atom. The molecule has 1 aromatic heterocycles. The number of benzene rings is 1. The van der Waals surface area contributed by atoms with Gasteiger partial charge in [-0.25, -0.2) is 9.37 Å². The van der Waals surface area contributed by atoms with E-state index in [9.17, 15) is 4.39 Å².